The minimum atomic E-state index is 0.379. The number of methoxy groups -OCH3 is 2. The van der Waals surface area contributed by atoms with Crippen LogP contribution in [0.4, 0.5) is 0 Å². The lowest BCUT2D eigenvalue weighted by atomic mass is 10.2. The van der Waals surface area contributed by atoms with Gasteiger partial charge in [-0.3, -0.25) is 9.67 Å². The summed E-state index contributed by atoms with van der Waals surface area (Å²) in [7, 11) is 5.10. The third-order valence-corrected chi connectivity index (χ3v) is 5.53. The summed E-state index contributed by atoms with van der Waals surface area (Å²) in [4.78, 5) is 13.4. The highest BCUT2D eigenvalue weighted by atomic mass is 16.5. The summed E-state index contributed by atoms with van der Waals surface area (Å²) >= 11 is 0. The van der Waals surface area contributed by atoms with Crippen LogP contribution in [-0.4, -0.2) is 45.6 Å². The first-order valence-corrected chi connectivity index (χ1v) is 9.56. The van der Waals surface area contributed by atoms with Gasteiger partial charge in [-0.25, -0.2) is 4.98 Å². The largest absolute Gasteiger partial charge is 0.495 e. The molecule has 0 saturated heterocycles. The van der Waals surface area contributed by atoms with Gasteiger partial charge in [0, 0.05) is 36.8 Å². The van der Waals surface area contributed by atoms with Crippen molar-refractivity contribution in [2.75, 3.05) is 20.8 Å². The molecule has 1 aliphatic rings. The molecular formula is C21H25N5O3. The van der Waals surface area contributed by atoms with Crippen LogP contribution in [0.2, 0.25) is 0 Å². The normalized spacial score (nSPS) is 20.4. The molecule has 3 aromatic rings. The van der Waals surface area contributed by atoms with E-state index in [1.165, 1.54) is 0 Å². The van der Waals surface area contributed by atoms with E-state index in [0.29, 0.717) is 41.9 Å². The Kier molecular flexibility index (Phi) is 5.08. The van der Waals surface area contributed by atoms with Gasteiger partial charge in [0.25, 0.3) is 0 Å². The third-order valence-electron chi connectivity index (χ3n) is 5.53. The first-order chi connectivity index (χ1) is 14.0. The Balaban J connectivity index is 1.51. The van der Waals surface area contributed by atoms with Gasteiger partial charge in [-0.15, -0.1) is 5.10 Å². The van der Waals surface area contributed by atoms with Gasteiger partial charge in [-0.1, -0.05) is 6.92 Å². The van der Waals surface area contributed by atoms with Crippen LogP contribution < -0.4 is 14.2 Å². The number of aromatic nitrogens is 5. The van der Waals surface area contributed by atoms with Gasteiger partial charge in [0.05, 0.1) is 38.3 Å². The topological polar surface area (TPSA) is 84.2 Å². The summed E-state index contributed by atoms with van der Waals surface area (Å²) in [5.74, 6) is 3.79. The van der Waals surface area contributed by atoms with Crippen molar-refractivity contribution in [3.8, 4) is 28.8 Å². The fourth-order valence-electron chi connectivity index (χ4n) is 3.70. The molecule has 4 rings (SSSR count). The summed E-state index contributed by atoms with van der Waals surface area (Å²) in [6, 6.07) is 5.83. The van der Waals surface area contributed by atoms with E-state index in [9.17, 15) is 0 Å². The van der Waals surface area contributed by atoms with Crippen molar-refractivity contribution in [2.45, 2.75) is 19.8 Å². The SMILES string of the molecule is COc1ccc(C2C(C)C2COc2nc(C)ncc2-c2cc(OC)nn2C)nc1. The molecule has 0 bridgehead atoms. The van der Waals surface area contributed by atoms with Crippen LogP contribution in [0.5, 0.6) is 17.5 Å². The van der Waals surface area contributed by atoms with Crippen LogP contribution in [0.15, 0.2) is 30.6 Å². The van der Waals surface area contributed by atoms with Crippen molar-refractivity contribution < 1.29 is 14.2 Å². The first-order valence-electron chi connectivity index (χ1n) is 9.56. The first kappa shape index (κ1) is 19.2. The molecule has 8 heteroatoms. The quantitative estimate of drug-likeness (QED) is 0.608. The van der Waals surface area contributed by atoms with E-state index in [2.05, 4.69) is 27.0 Å². The molecule has 0 radical (unpaired) electrons. The fraction of sp³-hybridized carbons (Fsp3) is 0.429. The molecule has 152 valence electrons. The Hall–Kier alpha value is -3.16. The molecule has 1 saturated carbocycles. The zero-order valence-corrected chi connectivity index (χ0v) is 17.3. The standard InChI is InChI=1S/C21H25N5O3/c1-12-16(20(12)17-7-6-14(27-4)9-23-17)11-29-21-15(10-22-13(2)24-21)18-8-19(28-5)25-26(18)3/h6-10,12,16,20H,11H2,1-5H3. The van der Waals surface area contributed by atoms with E-state index in [0.717, 1.165) is 22.7 Å². The van der Waals surface area contributed by atoms with Crippen molar-refractivity contribution in [2.24, 2.45) is 18.9 Å². The number of aryl methyl sites for hydroxylation is 2. The lowest BCUT2D eigenvalue weighted by Gasteiger charge is -2.11. The van der Waals surface area contributed by atoms with Crippen LogP contribution in [-0.2, 0) is 7.05 Å². The van der Waals surface area contributed by atoms with Crippen molar-refractivity contribution in [3.05, 3.63) is 42.1 Å². The number of rotatable bonds is 7. The maximum Gasteiger partial charge on any atom is 0.233 e. The molecule has 29 heavy (non-hydrogen) atoms. The van der Waals surface area contributed by atoms with E-state index in [4.69, 9.17) is 14.2 Å². The van der Waals surface area contributed by atoms with Gasteiger partial charge < -0.3 is 14.2 Å². The number of nitrogens with zero attached hydrogens (tertiary/aromatic N) is 5. The fourth-order valence-corrected chi connectivity index (χ4v) is 3.70. The molecule has 1 aliphatic carbocycles. The number of hydrogen-bond donors (Lipinski definition) is 0. The Morgan fingerprint density at radius 2 is 1.93 bits per heavy atom. The molecule has 0 spiro atoms. The Bertz CT molecular complexity index is 1000. The zero-order valence-electron chi connectivity index (χ0n) is 17.3. The van der Waals surface area contributed by atoms with Crippen LogP contribution in [0.1, 0.15) is 24.4 Å². The van der Waals surface area contributed by atoms with Crippen molar-refractivity contribution >= 4 is 0 Å². The summed E-state index contributed by atoms with van der Waals surface area (Å²) in [5, 5.41) is 4.32. The maximum atomic E-state index is 6.18. The molecule has 8 nitrogen and oxygen atoms in total. The van der Waals surface area contributed by atoms with Crippen molar-refractivity contribution in [3.63, 3.8) is 0 Å². The van der Waals surface area contributed by atoms with Crippen molar-refractivity contribution in [1.29, 1.82) is 0 Å². The van der Waals surface area contributed by atoms with E-state index < -0.39 is 0 Å². The molecule has 0 aromatic carbocycles. The highest BCUT2D eigenvalue weighted by Crippen LogP contribution is 2.53. The average molecular weight is 395 g/mol. The molecule has 3 atom stereocenters. The van der Waals surface area contributed by atoms with Gasteiger partial charge in [-0.2, -0.15) is 4.98 Å². The Labute approximate surface area is 169 Å². The molecular weight excluding hydrogens is 370 g/mol. The maximum absolute atomic E-state index is 6.18. The number of pyridine rings is 1. The molecule has 0 amide bonds. The van der Waals surface area contributed by atoms with Gasteiger partial charge >= 0.3 is 0 Å². The zero-order chi connectivity index (χ0) is 20.5. The second kappa shape index (κ2) is 7.69. The molecule has 3 heterocycles. The summed E-state index contributed by atoms with van der Waals surface area (Å²) in [6.45, 7) is 4.64. The predicted molar refractivity (Wildman–Crippen MR) is 107 cm³/mol. The molecule has 1 fully saturated rings. The van der Waals surface area contributed by atoms with Gasteiger partial charge in [0.1, 0.15) is 11.6 Å². The highest BCUT2D eigenvalue weighted by Gasteiger charge is 2.49. The minimum absolute atomic E-state index is 0.379. The predicted octanol–water partition coefficient (Wildman–Crippen LogP) is 3.03. The van der Waals surface area contributed by atoms with Gasteiger partial charge in [0.2, 0.25) is 11.8 Å². The van der Waals surface area contributed by atoms with Crippen LogP contribution in [0.25, 0.3) is 11.3 Å². The highest BCUT2D eigenvalue weighted by molar-refractivity contribution is 5.65. The summed E-state index contributed by atoms with van der Waals surface area (Å²) in [5.41, 5.74) is 2.71. The number of ether oxygens (including phenoxy) is 3. The molecule has 0 aliphatic heterocycles. The lowest BCUT2D eigenvalue weighted by molar-refractivity contribution is 0.280. The van der Waals surface area contributed by atoms with Crippen LogP contribution in [0.3, 0.4) is 0 Å². The third kappa shape index (κ3) is 3.74. The van der Waals surface area contributed by atoms with E-state index in [-0.39, 0.29) is 0 Å². The van der Waals surface area contributed by atoms with Crippen molar-refractivity contribution in [1.82, 2.24) is 24.7 Å². The Morgan fingerprint density at radius 3 is 2.59 bits per heavy atom. The summed E-state index contributed by atoms with van der Waals surface area (Å²) < 4.78 is 18.3. The monoisotopic (exact) mass is 395 g/mol. The second-order valence-electron chi connectivity index (χ2n) is 7.31. The minimum Gasteiger partial charge on any atom is -0.495 e. The second-order valence-corrected chi connectivity index (χ2v) is 7.31. The summed E-state index contributed by atoms with van der Waals surface area (Å²) in [6.07, 6.45) is 3.53. The Morgan fingerprint density at radius 1 is 1.10 bits per heavy atom. The van der Waals surface area contributed by atoms with Crippen LogP contribution in [0, 0.1) is 18.8 Å². The van der Waals surface area contributed by atoms with E-state index in [1.54, 1.807) is 31.3 Å². The van der Waals surface area contributed by atoms with Gasteiger partial charge in [-0.05, 0) is 25.0 Å². The average Bonchev–Trinajstić information content (AvgIpc) is 3.22. The molecule has 0 N–H and O–H groups in total. The molecule has 3 unspecified atom stereocenters. The van der Waals surface area contributed by atoms with Gasteiger partial charge in [0.15, 0.2) is 0 Å². The van der Waals surface area contributed by atoms with E-state index >= 15 is 0 Å². The van der Waals surface area contributed by atoms with E-state index in [1.807, 2.05) is 32.2 Å². The van der Waals surface area contributed by atoms with Crippen LogP contribution >= 0.6 is 0 Å². The molecule has 3 aromatic heterocycles. The smallest absolute Gasteiger partial charge is 0.233 e. The lowest BCUT2D eigenvalue weighted by Crippen LogP contribution is -2.07. The number of hydrogen-bond acceptors (Lipinski definition) is 7.